The second-order valence-corrected chi connectivity index (χ2v) is 3.21. The number of carbonyl (C=O) groups excluding carboxylic acids is 1. The summed E-state index contributed by atoms with van der Waals surface area (Å²) in [6, 6.07) is 3.55. The Morgan fingerprint density at radius 3 is 3.13 bits per heavy atom. The van der Waals surface area contributed by atoms with Crippen LogP contribution in [0.3, 0.4) is 0 Å². The smallest absolute Gasteiger partial charge is 0.244 e. The molecular formula is C11H15NO3. The van der Waals surface area contributed by atoms with Gasteiger partial charge in [0.25, 0.3) is 0 Å². The van der Waals surface area contributed by atoms with Gasteiger partial charge in [0.2, 0.25) is 5.91 Å². The first-order valence-corrected chi connectivity index (χ1v) is 4.73. The average Bonchev–Trinajstić information content (AvgIpc) is 2.67. The third-order valence-electron chi connectivity index (χ3n) is 1.75. The molecule has 0 bridgehead atoms. The van der Waals surface area contributed by atoms with Gasteiger partial charge in [-0.1, -0.05) is 0 Å². The Hall–Kier alpha value is -1.55. The molecule has 0 fully saturated rings. The minimum Gasteiger partial charge on any atom is -0.465 e. The zero-order valence-corrected chi connectivity index (χ0v) is 8.90. The van der Waals surface area contributed by atoms with E-state index in [0.717, 1.165) is 0 Å². The fraction of sp³-hybridized carbons (Fsp3) is 0.364. The summed E-state index contributed by atoms with van der Waals surface area (Å²) in [6.07, 6.45) is 4.62. The molecule has 4 nitrogen and oxygen atoms in total. The van der Waals surface area contributed by atoms with Gasteiger partial charge in [-0.05, 0) is 25.1 Å². The highest BCUT2D eigenvalue weighted by molar-refractivity contribution is 5.91. The summed E-state index contributed by atoms with van der Waals surface area (Å²) in [5.41, 5.74) is 0. The highest BCUT2D eigenvalue weighted by atomic mass is 16.5. The first-order valence-electron chi connectivity index (χ1n) is 4.73. The number of nitrogens with one attached hydrogen (secondary N) is 1. The number of methoxy groups -OCH3 is 1. The zero-order valence-electron chi connectivity index (χ0n) is 8.90. The van der Waals surface area contributed by atoms with Gasteiger partial charge in [-0.25, -0.2) is 0 Å². The molecule has 1 atom stereocenters. The number of hydrogen-bond donors (Lipinski definition) is 1. The van der Waals surface area contributed by atoms with Gasteiger partial charge in [-0.3, -0.25) is 4.79 Å². The van der Waals surface area contributed by atoms with Crippen LogP contribution in [0.25, 0.3) is 6.08 Å². The lowest BCUT2D eigenvalue weighted by molar-refractivity contribution is -0.117. The van der Waals surface area contributed by atoms with Gasteiger partial charge in [-0.15, -0.1) is 0 Å². The molecule has 0 aromatic carbocycles. The zero-order chi connectivity index (χ0) is 11.1. The normalized spacial score (nSPS) is 12.9. The topological polar surface area (TPSA) is 51.5 Å². The van der Waals surface area contributed by atoms with Crippen LogP contribution >= 0.6 is 0 Å². The van der Waals surface area contributed by atoms with Crippen LogP contribution in [0, 0.1) is 0 Å². The fourth-order valence-electron chi connectivity index (χ4n) is 1.13. The Labute approximate surface area is 88.9 Å². The molecule has 0 saturated carbocycles. The molecule has 1 aromatic heterocycles. The predicted molar refractivity (Wildman–Crippen MR) is 57.2 cm³/mol. The Morgan fingerprint density at radius 1 is 1.73 bits per heavy atom. The third-order valence-corrected chi connectivity index (χ3v) is 1.75. The average molecular weight is 209 g/mol. The van der Waals surface area contributed by atoms with Crippen molar-refractivity contribution in [2.75, 3.05) is 13.7 Å². The van der Waals surface area contributed by atoms with E-state index >= 15 is 0 Å². The molecule has 0 spiro atoms. The van der Waals surface area contributed by atoms with Gasteiger partial charge in [0.15, 0.2) is 0 Å². The van der Waals surface area contributed by atoms with E-state index in [9.17, 15) is 4.79 Å². The fourth-order valence-corrected chi connectivity index (χ4v) is 1.13. The SMILES string of the molecule is COCC(C)NC(=O)C=Cc1ccco1. The molecule has 0 aliphatic rings. The molecule has 0 aliphatic carbocycles. The number of hydrogen-bond acceptors (Lipinski definition) is 3. The molecule has 1 rings (SSSR count). The number of carbonyl (C=O) groups is 1. The standard InChI is InChI=1S/C11H15NO3/c1-9(8-14-2)12-11(13)6-5-10-4-3-7-15-10/h3-7,9H,8H2,1-2H3,(H,12,13). The summed E-state index contributed by atoms with van der Waals surface area (Å²) in [7, 11) is 1.60. The first kappa shape index (κ1) is 11.5. The van der Waals surface area contributed by atoms with E-state index in [0.29, 0.717) is 12.4 Å². The minimum atomic E-state index is -0.157. The van der Waals surface area contributed by atoms with Gasteiger partial charge >= 0.3 is 0 Å². The summed E-state index contributed by atoms with van der Waals surface area (Å²) >= 11 is 0. The molecule has 1 N–H and O–H groups in total. The molecule has 0 radical (unpaired) electrons. The van der Waals surface area contributed by atoms with Crippen LogP contribution < -0.4 is 5.32 Å². The van der Waals surface area contributed by atoms with Crippen LogP contribution in [0.2, 0.25) is 0 Å². The van der Waals surface area contributed by atoms with Crippen molar-refractivity contribution >= 4 is 12.0 Å². The van der Waals surface area contributed by atoms with Crippen LogP contribution in [-0.4, -0.2) is 25.7 Å². The summed E-state index contributed by atoms with van der Waals surface area (Å²) in [5, 5.41) is 2.75. The van der Waals surface area contributed by atoms with Crippen molar-refractivity contribution in [1.29, 1.82) is 0 Å². The Kier molecular flexibility index (Phi) is 4.63. The maximum Gasteiger partial charge on any atom is 0.244 e. The summed E-state index contributed by atoms with van der Waals surface area (Å²) in [4.78, 5) is 11.3. The summed E-state index contributed by atoms with van der Waals surface area (Å²) in [5.74, 6) is 0.500. The molecule has 4 heteroatoms. The predicted octanol–water partition coefficient (Wildman–Crippen LogP) is 1.44. The molecule has 1 unspecified atom stereocenters. The van der Waals surface area contributed by atoms with Crippen molar-refractivity contribution < 1.29 is 13.9 Å². The molecule has 0 aliphatic heterocycles. The number of furan rings is 1. The van der Waals surface area contributed by atoms with E-state index < -0.39 is 0 Å². The number of ether oxygens (including phenoxy) is 1. The molecule has 82 valence electrons. The Morgan fingerprint density at radius 2 is 2.53 bits per heavy atom. The monoisotopic (exact) mass is 209 g/mol. The molecular weight excluding hydrogens is 194 g/mol. The Bertz CT molecular complexity index is 317. The maximum atomic E-state index is 11.3. The van der Waals surface area contributed by atoms with Crippen molar-refractivity contribution in [3.05, 3.63) is 30.2 Å². The van der Waals surface area contributed by atoms with E-state index in [1.807, 2.05) is 6.92 Å². The van der Waals surface area contributed by atoms with Gasteiger partial charge in [0.05, 0.1) is 12.9 Å². The van der Waals surface area contributed by atoms with Crippen molar-refractivity contribution in [3.8, 4) is 0 Å². The molecule has 0 saturated heterocycles. The van der Waals surface area contributed by atoms with Crippen LogP contribution in [0.5, 0.6) is 0 Å². The first-order chi connectivity index (χ1) is 7.22. The van der Waals surface area contributed by atoms with E-state index in [1.165, 1.54) is 6.08 Å². The van der Waals surface area contributed by atoms with Crippen LogP contribution in [-0.2, 0) is 9.53 Å². The second-order valence-electron chi connectivity index (χ2n) is 3.21. The van der Waals surface area contributed by atoms with E-state index in [4.69, 9.17) is 9.15 Å². The molecule has 1 aromatic rings. The van der Waals surface area contributed by atoms with Crippen LogP contribution in [0.15, 0.2) is 28.9 Å². The summed E-state index contributed by atoms with van der Waals surface area (Å²) in [6.45, 7) is 2.38. The van der Waals surface area contributed by atoms with Crippen molar-refractivity contribution in [1.82, 2.24) is 5.32 Å². The molecule has 1 amide bonds. The van der Waals surface area contributed by atoms with E-state index in [1.54, 1.807) is 31.6 Å². The maximum absolute atomic E-state index is 11.3. The molecule has 15 heavy (non-hydrogen) atoms. The van der Waals surface area contributed by atoms with Gasteiger partial charge in [-0.2, -0.15) is 0 Å². The van der Waals surface area contributed by atoms with Gasteiger partial charge in [0.1, 0.15) is 5.76 Å². The van der Waals surface area contributed by atoms with Gasteiger partial charge in [0, 0.05) is 19.2 Å². The van der Waals surface area contributed by atoms with E-state index in [2.05, 4.69) is 5.32 Å². The highest BCUT2D eigenvalue weighted by Crippen LogP contribution is 2.01. The third kappa shape index (κ3) is 4.46. The lowest BCUT2D eigenvalue weighted by Gasteiger charge is -2.10. The Balaban J connectivity index is 2.36. The highest BCUT2D eigenvalue weighted by Gasteiger charge is 2.03. The number of rotatable bonds is 5. The summed E-state index contributed by atoms with van der Waals surface area (Å²) < 4.78 is 9.94. The van der Waals surface area contributed by atoms with Crippen molar-refractivity contribution in [2.45, 2.75) is 13.0 Å². The van der Waals surface area contributed by atoms with Crippen LogP contribution in [0.4, 0.5) is 0 Å². The quantitative estimate of drug-likeness (QED) is 0.746. The largest absolute Gasteiger partial charge is 0.465 e. The second kappa shape index (κ2) is 6.03. The van der Waals surface area contributed by atoms with Crippen molar-refractivity contribution in [2.24, 2.45) is 0 Å². The molecule has 1 heterocycles. The van der Waals surface area contributed by atoms with Gasteiger partial charge < -0.3 is 14.5 Å². The van der Waals surface area contributed by atoms with E-state index in [-0.39, 0.29) is 11.9 Å². The minimum absolute atomic E-state index is 0.00347. The van der Waals surface area contributed by atoms with Crippen molar-refractivity contribution in [3.63, 3.8) is 0 Å². The number of amides is 1. The lowest BCUT2D eigenvalue weighted by atomic mass is 10.3. The van der Waals surface area contributed by atoms with Crippen LogP contribution in [0.1, 0.15) is 12.7 Å². The lowest BCUT2D eigenvalue weighted by Crippen LogP contribution is -2.34.